The van der Waals surface area contributed by atoms with Gasteiger partial charge in [0.25, 0.3) is 0 Å². The molecule has 0 aromatic rings. The number of amides is 2. The molecule has 1 fully saturated rings. The summed E-state index contributed by atoms with van der Waals surface area (Å²) in [5.74, 6) is -0.793. The van der Waals surface area contributed by atoms with Crippen LogP contribution in [0.3, 0.4) is 0 Å². The summed E-state index contributed by atoms with van der Waals surface area (Å²) in [6.45, 7) is 3.88. The van der Waals surface area contributed by atoms with E-state index in [0.717, 1.165) is 19.4 Å². The van der Waals surface area contributed by atoms with Crippen molar-refractivity contribution in [2.75, 3.05) is 26.7 Å². The fourth-order valence-electron chi connectivity index (χ4n) is 2.25. The van der Waals surface area contributed by atoms with Gasteiger partial charge in [-0.05, 0) is 32.6 Å². The summed E-state index contributed by atoms with van der Waals surface area (Å²) < 4.78 is 5.44. The Morgan fingerprint density at radius 2 is 2.16 bits per heavy atom. The van der Waals surface area contributed by atoms with Crippen LogP contribution in [0.15, 0.2) is 0 Å². The average molecular weight is 272 g/mol. The van der Waals surface area contributed by atoms with E-state index in [4.69, 9.17) is 9.84 Å². The summed E-state index contributed by atoms with van der Waals surface area (Å²) in [6.07, 6.45) is 3.34. The maximum absolute atomic E-state index is 11.9. The van der Waals surface area contributed by atoms with Crippen LogP contribution in [0.1, 0.15) is 39.0 Å². The van der Waals surface area contributed by atoms with E-state index in [0.29, 0.717) is 25.9 Å². The second-order valence-electron chi connectivity index (χ2n) is 5.26. The maximum atomic E-state index is 11.9. The molecule has 6 heteroatoms. The van der Waals surface area contributed by atoms with Crippen molar-refractivity contribution in [1.29, 1.82) is 0 Å². The van der Waals surface area contributed by atoms with Crippen molar-refractivity contribution in [3.63, 3.8) is 0 Å². The van der Waals surface area contributed by atoms with Crippen LogP contribution in [0, 0.1) is 0 Å². The molecule has 0 saturated carbocycles. The second-order valence-corrected chi connectivity index (χ2v) is 5.26. The number of rotatable bonds is 6. The summed E-state index contributed by atoms with van der Waals surface area (Å²) in [7, 11) is 1.67. The van der Waals surface area contributed by atoms with Crippen molar-refractivity contribution in [2.45, 2.75) is 44.6 Å². The van der Waals surface area contributed by atoms with Gasteiger partial charge in [0.05, 0.1) is 12.1 Å². The highest BCUT2D eigenvalue weighted by atomic mass is 16.5. The van der Waals surface area contributed by atoms with Gasteiger partial charge in [0, 0.05) is 26.6 Å². The minimum absolute atomic E-state index is 0.0849. The van der Waals surface area contributed by atoms with Crippen LogP contribution in [0.25, 0.3) is 0 Å². The lowest BCUT2D eigenvalue weighted by atomic mass is 9.95. The monoisotopic (exact) mass is 272 g/mol. The van der Waals surface area contributed by atoms with Gasteiger partial charge >= 0.3 is 12.0 Å². The minimum atomic E-state index is -0.793. The second kappa shape index (κ2) is 7.33. The predicted molar refractivity (Wildman–Crippen MR) is 71.1 cm³/mol. The van der Waals surface area contributed by atoms with Crippen molar-refractivity contribution in [2.24, 2.45) is 0 Å². The molecule has 1 aliphatic rings. The van der Waals surface area contributed by atoms with Gasteiger partial charge in [-0.15, -0.1) is 0 Å². The third kappa shape index (κ3) is 5.46. The Morgan fingerprint density at radius 3 is 2.79 bits per heavy atom. The molecular formula is C13H24N2O4. The van der Waals surface area contributed by atoms with Crippen molar-refractivity contribution < 1.29 is 19.4 Å². The third-order valence-electron chi connectivity index (χ3n) is 3.53. The topological polar surface area (TPSA) is 78.9 Å². The number of carbonyl (C=O) groups excluding carboxylic acids is 1. The van der Waals surface area contributed by atoms with Gasteiger partial charge in [-0.3, -0.25) is 4.79 Å². The molecule has 1 unspecified atom stereocenters. The number of hydrogen-bond acceptors (Lipinski definition) is 3. The number of carboxylic acids is 1. The van der Waals surface area contributed by atoms with Gasteiger partial charge in [0.15, 0.2) is 0 Å². The van der Waals surface area contributed by atoms with Crippen molar-refractivity contribution in [3.05, 3.63) is 0 Å². The first kappa shape index (κ1) is 15.8. The van der Waals surface area contributed by atoms with Crippen LogP contribution in [0.4, 0.5) is 4.79 Å². The number of nitrogens with zero attached hydrogens (tertiary/aromatic N) is 1. The zero-order valence-electron chi connectivity index (χ0n) is 11.8. The Kier molecular flexibility index (Phi) is 6.08. The molecular weight excluding hydrogens is 248 g/mol. The van der Waals surface area contributed by atoms with Gasteiger partial charge in [-0.25, -0.2) is 4.79 Å². The molecule has 2 amide bonds. The van der Waals surface area contributed by atoms with Crippen LogP contribution >= 0.6 is 0 Å². The number of carboxylic acid groups (broad SMARTS) is 1. The normalized spacial score (nSPS) is 23.2. The standard InChI is InChI=1S/C13H24N2O4/c1-13(19-2)7-5-9-15(10-13)12(18)14-8-4-3-6-11(16)17/h3-10H2,1-2H3,(H,14,18)(H,16,17). The summed E-state index contributed by atoms with van der Waals surface area (Å²) in [5, 5.41) is 11.3. The first-order valence-electron chi connectivity index (χ1n) is 6.76. The van der Waals surface area contributed by atoms with E-state index in [-0.39, 0.29) is 18.1 Å². The van der Waals surface area contributed by atoms with E-state index in [1.165, 1.54) is 0 Å². The Morgan fingerprint density at radius 1 is 1.42 bits per heavy atom. The van der Waals surface area contributed by atoms with Gasteiger partial charge in [0.2, 0.25) is 0 Å². The zero-order valence-corrected chi connectivity index (χ0v) is 11.8. The average Bonchev–Trinajstić information content (AvgIpc) is 2.38. The van der Waals surface area contributed by atoms with Crippen molar-refractivity contribution >= 4 is 12.0 Å². The number of piperidine rings is 1. The highest BCUT2D eigenvalue weighted by molar-refractivity contribution is 5.74. The number of likely N-dealkylation sites (tertiary alicyclic amines) is 1. The fraction of sp³-hybridized carbons (Fsp3) is 0.846. The zero-order chi connectivity index (χ0) is 14.3. The van der Waals surface area contributed by atoms with Gasteiger partial charge in [0.1, 0.15) is 0 Å². The Labute approximate surface area is 114 Å². The van der Waals surface area contributed by atoms with Gasteiger partial charge in [-0.1, -0.05) is 0 Å². The van der Waals surface area contributed by atoms with Crippen molar-refractivity contribution in [1.82, 2.24) is 10.2 Å². The number of unbranched alkanes of at least 4 members (excludes halogenated alkanes) is 1. The third-order valence-corrected chi connectivity index (χ3v) is 3.53. The van der Waals surface area contributed by atoms with Crippen LogP contribution in [-0.2, 0) is 9.53 Å². The van der Waals surface area contributed by atoms with E-state index < -0.39 is 5.97 Å². The first-order valence-corrected chi connectivity index (χ1v) is 6.76. The summed E-state index contributed by atoms with van der Waals surface area (Å²) >= 11 is 0. The molecule has 0 aromatic heterocycles. The van der Waals surface area contributed by atoms with Crippen LogP contribution in [-0.4, -0.2) is 54.4 Å². The molecule has 1 rings (SSSR count). The number of carbonyl (C=O) groups is 2. The smallest absolute Gasteiger partial charge is 0.317 e. The number of nitrogens with one attached hydrogen (secondary N) is 1. The molecule has 0 radical (unpaired) electrons. The minimum Gasteiger partial charge on any atom is -0.481 e. The predicted octanol–water partition coefficient (Wildman–Crippen LogP) is 1.45. The Hall–Kier alpha value is -1.30. The summed E-state index contributed by atoms with van der Waals surface area (Å²) in [5.41, 5.74) is -0.251. The molecule has 1 atom stereocenters. The number of aliphatic carboxylic acids is 1. The molecule has 0 aromatic carbocycles. The largest absolute Gasteiger partial charge is 0.481 e. The first-order chi connectivity index (χ1) is 8.97. The van der Waals surface area contributed by atoms with E-state index in [1.807, 2.05) is 6.92 Å². The highest BCUT2D eigenvalue weighted by Gasteiger charge is 2.32. The number of methoxy groups -OCH3 is 1. The van der Waals surface area contributed by atoms with Crippen LogP contribution < -0.4 is 5.32 Å². The summed E-state index contributed by atoms with van der Waals surface area (Å²) in [4.78, 5) is 24.0. The molecule has 0 spiro atoms. The van der Waals surface area contributed by atoms with Crippen LogP contribution in [0.5, 0.6) is 0 Å². The molecule has 0 aliphatic carbocycles. The fourth-order valence-corrected chi connectivity index (χ4v) is 2.25. The molecule has 2 N–H and O–H groups in total. The van der Waals surface area contributed by atoms with E-state index in [1.54, 1.807) is 12.0 Å². The summed E-state index contributed by atoms with van der Waals surface area (Å²) in [6, 6.07) is -0.0849. The van der Waals surface area contributed by atoms with E-state index >= 15 is 0 Å². The number of ether oxygens (including phenoxy) is 1. The Balaban J connectivity index is 2.24. The van der Waals surface area contributed by atoms with Crippen molar-refractivity contribution in [3.8, 4) is 0 Å². The molecule has 1 aliphatic heterocycles. The molecule has 0 bridgehead atoms. The molecule has 19 heavy (non-hydrogen) atoms. The lowest BCUT2D eigenvalue weighted by Crippen LogP contribution is -2.52. The Bertz CT molecular complexity index is 322. The SMILES string of the molecule is COC1(C)CCCN(C(=O)NCCCCC(=O)O)C1. The van der Waals surface area contributed by atoms with Crippen LogP contribution in [0.2, 0.25) is 0 Å². The lowest BCUT2D eigenvalue weighted by molar-refractivity contribution is -0.137. The van der Waals surface area contributed by atoms with Gasteiger partial charge in [-0.2, -0.15) is 0 Å². The molecule has 110 valence electrons. The number of hydrogen-bond donors (Lipinski definition) is 2. The highest BCUT2D eigenvalue weighted by Crippen LogP contribution is 2.23. The molecule has 1 heterocycles. The lowest BCUT2D eigenvalue weighted by Gasteiger charge is -2.39. The number of urea groups is 1. The van der Waals surface area contributed by atoms with E-state index in [9.17, 15) is 9.59 Å². The van der Waals surface area contributed by atoms with Gasteiger partial charge < -0.3 is 20.1 Å². The van der Waals surface area contributed by atoms with E-state index in [2.05, 4.69) is 5.32 Å². The molecule has 1 saturated heterocycles. The molecule has 6 nitrogen and oxygen atoms in total. The quantitative estimate of drug-likeness (QED) is 0.717. The maximum Gasteiger partial charge on any atom is 0.317 e.